The van der Waals surface area contributed by atoms with Crippen molar-refractivity contribution < 1.29 is 47.5 Å². The number of hydrogen-bond acceptors (Lipinski definition) is 9. The minimum atomic E-state index is -4.74. The van der Waals surface area contributed by atoms with Crippen molar-refractivity contribution in [3.05, 3.63) is 85.1 Å². The van der Waals surface area contributed by atoms with E-state index in [1.165, 1.54) is 38.5 Å². The predicted octanol–water partition coefficient (Wildman–Crippen LogP) is 10.7. The number of esters is 2. The van der Waals surface area contributed by atoms with Crippen LogP contribution < -0.4 is 5.73 Å². The normalized spacial score (nSPS) is 14.6. The summed E-state index contributed by atoms with van der Waals surface area (Å²) in [6, 6.07) is -1.54. The van der Waals surface area contributed by atoms with E-state index in [2.05, 4.69) is 97.4 Å². The molecular formula is C44H72NO10P. The first kappa shape index (κ1) is 52.7. The van der Waals surface area contributed by atoms with Gasteiger partial charge in [-0.25, -0.2) is 4.57 Å². The minimum absolute atomic E-state index is 0.0935. The molecule has 0 aromatic rings. The standard InChI is InChI=1S/C44H72NO10P/c1-3-5-7-9-11-13-15-17-19-20-22-23-25-27-29-31-33-35-42(46)52-37-40(38-53-56(50,51)54-39-41(45)44(48)49)55-43(47)36-34-32-30-28-26-24-21-18-16-14-12-10-8-6-4-2/h6,8,12,14,17-19,21-23,26-29,40-41H,3-5,7,9-11,13,15-16,20,24-25,30-39,45H2,1-2H3,(H,48,49)(H,50,51)/b8-6+,14-12+,19-17+,21-18+,23-22+,28-26+,29-27+/t40-,41+/m1/s1. The summed E-state index contributed by atoms with van der Waals surface area (Å²) in [7, 11) is -4.74. The zero-order valence-electron chi connectivity index (χ0n) is 34.2. The molecule has 0 spiro atoms. The summed E-state index contributed by atoms with van der Waals surface area (Å²) in [5.74, 6) is -2.51. The summed E-state index contributed by atoms with van der Waals surface area (Å²) in [5.41, 5.74) is 5.32. The van der Waals surface area contributed by atoms with Crippen molar-refractivity contribution in [2.45, 2.75) is 154 Å². The van der Waals surface area contributed by atoms with E-state index in [1.807, 2.05) is 6.08 Å². The molecule has 0 saturated carbocycles. The van der Waals surface area contributed by atoms with E-state index < -0.39 is 57.7 Å². The lowest BCUT2D eigenvalue weighted by atomic mass is 10.1. The second-order valence-electron chi connectivity index (χ2n) is 13.4. The number of carboxylic acid groups (broad SMARTS) is 1. The molecule has 0 heterocycles. The maximum absolute atomic E-state index is 12.6. The van der Waals surface area contributed by atoms with Gasteiger partial charge >= 0.3 is 25.7 Å². The van der Waals surface area contributed by atoms with E-state index in [1.54, 1.807) is 0 Å². The first-order chi connectivity index (χ1) is 27.1. The van der Waals surface area contributed by atoms with E-state index in [-0.39, 0.29) is 12.8 Å². The van der Waals surface area contributed by atoms with Crippen LogP contribution >= 0.6 is 7.82 Å². The first-order valence-electron chi connectivity index (χ1n) is 20.6. The van der Waals surface area contributed by atoms with E-state index in [0.717, 1.165) is 57.8 Å². The molecule has 0 aromatic heterocycles. The molecule has 0 aliphatic rings. The highest BCUT2D eigenvalue weighted by Gasteiger charge is 2.28. The zero-order chi connectivity index (χ0) is 41.4. The van der Waals surface area contributed by atoms with Gasteiger partial charge in [0, 0.05) is 12.8 Å². The highest BCUT2D eigenvalue weighted by atomic mass is 31.2. The largest absolute Gasteiger partial charge is 0.480 e. The Labute approximate surface area is 337 Å². The summed E-state index contributed by atoms with van der Waals surface area (Å²) in [6.45, 7) is 2.56. The molecule has 0 saturated heterocycles. The summed E-state index contributed by atoms with van der Waals surface area (Å²) >= 11 is 0. The molecule has 4 N–H and O–H groups in total. The van der Waals surface area contributed by atoms with Gasteiger partial charge in [0.2, 0.25) is 0 Å². The van der Waals surface area contributed by atoms with Crippen LogP contribution in [-0.4, -0.2) is 59.9 Å². The Hall–Kier alpha value is -3.34. The predicted molar refractivity (Wildman–Crippen MR) is 226 cm³/mol. The first-order valence-corrected chi connectivity index (χ1v) is 22.1. The fourth-order valence-electron chi connectivity index (χ4n) is 4.89. The van der Waals surface area contributed by atoms with Crippen molar-refractivity contribution in [3.63, 3.8) is 0 Å². The van der Waals surface area contributed by atoms with Gasteiger partial charge in [-0.2, -0.15) is 0 Å². The van der Waals surface area contributed by atoms with Gasteiger partial charge in [0.05, 0.1) is 13.2 Å². The highest BCUT2D eigenvalue weighted by molar-refractivity contribution is 7.47. The van der Waals surface area contributed by atoms with Gasteiger partial charge < -0.3 is 25.2 Å². The summed E-state index contributed by atoms with van der Waals surface area (Å²) in [6.07, 6.45) is 46.6. The Bertz CT molecular complexity index is 1270. The molecule has 11 nitrogen and oxygen atoms in total. The maximum atomic E-state index is 12.6. The molecule has 0 radical (unpaired) electrons. The van der Waals surface area contributed by atoms with Crippen molar-refractivity contribution >= 4 is 25.7 Å². The topological polar surface area (TPSA) is 172 Å². The van der Waals surface area contributed by atoms with Crippen LogP contribution in [0, 0.1) is 0 Å². The SMILES string of the molecule is CC/C=C/C/C=C/C/C=C/C/C=C/CCCCC(=O)O[C@H](COC(=O)CCC/C=C/C/C=C/C/C=C/CCCCCCCC)COP(=O)(O)OC[C@H](N)C(=O)O. The Balaban J connectivity index is 4.57. The summed E-state index contributed by atoms with van der Waals surface area (Å²) < 4.78 is 32.5. The molecule has 3 atom stereocenters. The maximum Gasteiger partial charge on any atom is 0.472 e. The second kappa shape index (κ2) is 38.5. The highest BCUT2D eigenvalue weighted by Crippen LogP contribution is 2.43. The number of hydrogen-bond donors (Lipinski definition) is 3. The van der Waals surface area contributed by atoms with Gasteiger partial charge in [-0.3, -0.25) is 23.4 Å². The Morgan fingerprint density at radius 2 is 1.02 bits per heavy atom. The number of carbonyl (C=O) groups is 3. The van der Waals surface area contributed by atoms with Gasteiger partial charge in [-0.15, -0.1) is 0 Å². The number of rotatable bonds is 37. The third-order valence-electron chi connectivity index (χ3n) is 8.13. The summed E-state index contributed by atoms with van der Waals surface area (Å²) in [4.78, 5) is 45.8. The lowest BCUT2D eigenvalue weighted by Crippen LogP contribution is -2.34. The van der Waals surface area contributed by atoms with E-state index in [0.29, 0.717) is 19.3 Å². The molecule has 0 aromatic carbocycles. The van der Waals surface area contributed by atoms with Crippen LogP contribution in [0.15, 0.2) is 85.1 Å². The van der Waals surface area contributed by atoms with Crippen LogP contribution in [0.25, 0.3) is 0 Å². The number of phosphoric acid groups is 1. The van der Waals surface area contributed by atoms with Crippen LogP contribution in [0.2, 0.25) is 0 Å². The molecule has 0 aliphatic carbocycles. The van der Waals surface area contributed by atoms with E-state index in [9.17, 15) is 23.8 Å². The third kappa shape index (κ3) is 37.6. The summed E-state index contributed by atoms with van der Waals surface area (Å²) in [5, 5.41) is 8.87. The van der Waals surface area contributed by atoms with Crippen LogP contribution in [0.1, 0.15) is 142 Å². The molecule has 1 unspecified atom stereocenters. The van der Waals surface area contributed by atoms with Crippen molar-refractivity contribution in [1.29, 1.82) is 0 Å². The monoisotopic (exact) mass is 805 g/mol. The quantitative estimate of drug-likeness (QED) is 0.0236. The molecule has 0 fully saturated rings. The molecule has 56 heavy (non-hydrogen) atoms. The van der Waals surface area contributed by atoms with Crippen LogP contribution in [-0.2, 0) is 37.5 Å². The fraction of sp³-hybridized carbons (Fsp3) is 0.614. The molecule has 318 valence electrons. The van der Waals surface area contributed by atoms with Crippen LogP contribution in [0.5, 0.6) is 0 Å². The van der Waals surface area contributed by atoms with Crippen molar-refractivity contribution in [3.8, 4) is 0 Å². The molecular weight excluding hydrogens is 733 g/mol. The fourth-order valence-corrected chi connectivity index (χ4v) is 5.67. The number of unbranched alkanes of at least 4 members (excludes halogenated alkanes) is 9. The molecule has 0 aliphatic heterocycles. The smallest absolute Gasteiger partial charge is 0.472 e. The zero-order valence-corrected chi connectivity index (χ0v) is 35.1. The number of nitrogens with two attached hydrogens (primary N) is 1. The van der Waals surface area contributed by atoms with Crippen LogP contribution in [0.3, 0.4) is 0 Å². The average Bonchev–Trinajstić information content (AvgIpc) is 3.17. The Kier molecular flexibility index (Phi) is 36.2. The van der Waals surface area contributed by atoms with Crippen molar-refractivity contribution in [2.75, 3.05) is 19.8 Å². The number of aliphatic carboxylic acids is 1. The molecule has 0 bridgehead atoms. The van der Waals surface area contributed by atoms with Gasteiger partial charge in [-0.05, 0) is 83.5 Å². The molecule has 12 heteroatoms. The average molecular weight is 806 g/mol. The van der Waals surface area contributed by atoms with E-state index in [4.69, 9.17) is 24.8 Å². The molecule has 0 amide bonds. The number of carbonyl (C=O) groups excluding carboxylic acids is 2. The van der Waals surface area contributed by atoms with Gasteiger partial charge in [-0.1, -0.05) is 131 Å². The van der Waals surface area contributed by atoms with Gasteiger partial charge in [0.25, 0.3) is 0 Å². The van der Waals surface area contributed by atoms with Gasteiger partial charge in [0.1, 0.15) is 12.6 Å². The lowest BCUT2D eigenvalue weighted by molar-refractivity contribution is -0.161. The number of ether oxygens (including phenoxy) is 2. The van der Waals surface area contributed by atoms with E-state index >= 15 is 0 Å². The lowest BCUT2D eigenvalue weighted by Gasteiger charge is -2.20. The Morgan fingerprint density at radius 3 is 1.55 bits per heavy atom. The molecule has 0 rings (SSSR count). The van der Waals surface area contributed by atoms with Crippen LogP contribution in [0.4, 0.5) is 0 Å². The number of carboxylic acids is 1. The minimum Gasteiger partial charge on any atom is -0.480 e. The van der Waals surface area contributed by atoms with Crippen molar-refractivity contribution in [1.82, 2.24) is 0 Å². The van der Waals surface area contributed by atoms with Gasteiger partial charge in [0.15, 0.2) is 6.10 Å². The van der Waals surface area contributed by atoms with Crippen molar-refractivity contribution in [2.24, 2.45) is 5.73 Å². The third-order valence-corrected chi connectivity index (χ3v) is 9.08. The Morgan fingerprint density at radius 1 is 0.571 bits per heavy atom. The number of allylic oxidation sites excluding steroid dienone is 14. The second-order valence-corrected chi connectivity index (χ2v) is 14.8. The number of phosphoric ester groups is 1.